The van der Waals surface area contributed by atoms with Crippen molar-refractivity contribution in [1.82, 2.24) is 5.32 Å². The van der Waals surface area contributed by atoms with Crippen LogP contribution in [0.2, 0.25) is 0 Å². The molecule has 1 amide bonds. The van der Waals surface area contributed by atoms with Crippen molar-refractivity contribution < 1.29 is 23.0 Å². The molecule has 0 aromatic heterocycles. The van der Waals surface area contributed by atoms with Gasteiger partial charge in [-0.2, -0.15) is 8.78 Å². The molecule has 1 aliphatic heterocycles. The third-order valence-corrected chi connectivity index (χ3v) is 4.92. The van der Waals surface area contributed by atoms with Crippen LogP contribution in [0.25, 0.3) is 6.08 Å². The summed E-state index contributed by atoms with van der Waals surface area (Å²) in [5.74, 6) is -0.215. The molecule has 8 heteroatoms. The van der Waals surface area contributed by atoms with Crippen LogP contribution >= 0.6 is 11.8 Å². The van der Waals surface area contributed by atoms with Gasteiger partial charge in [0, 0.05) is 5.56 Å². The average Bonchev–Trinajstić information content (AvgIpc) is 3.19. The first-order valence-corrected chi connectivity index (χ1v) is 8.79. The van der Waals surface area contributed by atoms with E-state index in [0.29, 0.717) is 15.6 Å². The van der Waals surface area contributed by atoms with Crippen molar-refractivity contribution in [3.63, 3.8) is 0 Å². The number of hydrogen-bond donors (Lipinski definition) is 1. The van der Waals surface area contributed by atoms with E-state index < -0.39 is 6.61 Å². The molecule has 1 saturated carbocycles. The second-order valence-corrected chi connectivity index (χ2v) is 6.73. The number of alkyl halides is 2. The topological polar surface area (TPSA) is 59.9 Å². The number of benzene rings is 1. The number of amides is 1. The van der Waals surface area contributed by atoms with Crippen molar-refractivity contribution in [3.8, 4) is 11.5 Å². The zero-order chi connectivity index (χ0) is 17.8. The predicted molar refractivity (Wildman–Crippen MR) is 93.0 cm³/mol. The van der Waals surface area contributed by atoms with E-state index in [4.69, 9.17) is 4.74 Å². The number of nitrogens with zero attached hydrogens (tertiary/aromatic N) is 1. The summed E-state index contributed by atoms with van der Waals surface area (Å²) in [4.78, 5) is 17.1. The molecular formula is C17H18F2N2O3S. The minimum Gasteiger partial charge on any atom is -0.493 e. The van der Waals surface area contributed by atoms with E-state index in [-0.39, 0.29) is 23.4 Å². The lowest BCUT2D eigenvalue weighted by Crippen LogP contribution is -2.21. The lowest BCUT2D eigenvalue weighted by molar-refractivity contribution is -0.115. The van der Waals surface area contributed by atoms with Gasteiger partial charge in [-0.1, -0.05) is 25.0 Å². The predicted octanol–water partition coefficient (Wildman–Crippen LogP) is 3.80. The molecule has 1 aromatic carbocycles. The molecule has 0 spiro atoms. The Hall–Kier alpha value is -2.09. The SMILES string of the molecule is COc1cccc(/C=C2/SC(=NC3CCCC3)NC2=O)c1OC(F)F. The van der Waals surface area contributed by atoms with E-state index in [1.807, 2.05) is 0 Å². The highest BCUT2D eigenvalue weighted by Gasteiger charge is 2.26. The maximum Gasteiger partial charge on any atom is 0.387 e. The molecule has 25 heavy (non-hydrogen) atoms. The zero-order valence-corrected chi connectivity index (χ0v) is 14.4. The highest BCUT2D eigenvalue weighted by atomic mass is 32.2. The summed E-state index contributed by atoms with van der Waals surface area (Å²) in [5.41, 5.74) is 0.347. The van der Waals surface area contributed by atoms with Crippen LogP contribution in [0.1, 0.15) is 31.2 Å². The molecule has 1 aliphatic carbocycles. The van der Waals surface area contributed by atoms with E-state index >= 15 is 0 Å². The summed E-state index contributed by atoms with van der Waals surface area (Å²) < 4.78 is 35.0. The molecular weight excluding hydrogens is 350 g/mol. The number of para-hydroxylation sites is 1. The monoisotopic (exact) mass is 368 g/mol. The van der Waals surface area contributed by atoms with Gasteiger partial charge in [-0.3, -0.25) is 9.79 Å². The molecule has 5 nitrogen and oxygen atoms in total. The fraction of sp³-hybridized carbons (Fsp3) is 0.412. The maximum atomic E-state index is 12.7. The summed E-state index contributed by atoms with van der Waals surface area (Å²) in [5, 5.41) is 3.28. The summed E-state index contributed by atoms with van der Waals surface area (Å²) in [6, 6.07) is 5.01. The van der Waals surface area contributed by atoms with Gasteiger partial charge in [0.1, 0.15) is 0 Å². The second kappa shape index (κ2) is 7.86. The van der Waals surface area contributed by atoms with Gasteiger partial charge in [0.2, 0.25) is 0 Å². The van der Waals surface area contributed by atoms with Gasteiger partial charge >= 0.3 is 6.61 Å². The molecule has 1 saturated heterocycles. The number of nitrogens with one attached hydrogen (secondary N) is 1. The van der Waals surface area contributed by atoms with Crippen molar-refractivity contribution in [2.75, 3.05) is 7.11 Å². The van der Waals surface area contributed by atoms with Gasteiger partial charge in [0.25, 0.3) is 5.91 Å². The zero-order valence-electron chi connectivity index (χ0n) is 13.6. The molecule has 0 radical (unpaired) electrons. The Labute approximate surface area is 148 Å². The largest absolute Gasteiger partial charge is 0.493 e. The molecule has 134 valence electrons. The van der Waals surface area contributed by atoms with Gasteiger partial charge in [0.05, 0.1) is 18.1 Å². The quantitative estimate of drug-likeness (QED) is 0.803. The molecule has 1 N–H and O–H groups in total. The smallest absolute Gasteiger partial charge is 0.387 e. The highest BCUT2D eigenvalue weighted by molar-refractivity contribution is 8.18. The Kier molecular flexibility index (Phi) is 5.57. The Bertz CT molecular complexity index is 716. The maximum absolute atomic E-state index is 12.7. The number of carbonyl (C=O) groups excluding carboxylic acids is 1. The van der Waals surface area contributed by atoms with Gasteiger partial charge in [-0.15, -0.1) is 0 Å². The average molecular weight is 368 g/mol. The number of carbonyl (C=O) groups is 1. The van der Waals surface area contributed by atoms with E-state index in [1.54, 1.807) is 12.1 Å². The standard InChI is InChI=1S/C17H18F2N2O3S/c1-23-12-8-4-5-10(14(12)24-16(18)19)9-13-15(22)21-17(25-13)20-11-6-2-3-7-11/h4-5,8-9,11,16H,2-3,6-7H2,1H3,(H,20,21,22)/b13-9+. The fourth-order valence-corrected chi connectivity index (χ4v) is 3.73. The summed E-state index contributed by atoms with van der Waals surface area (Å²) >= 11 is 1.21. The van der Waals surface area contributed by atoms with E-state index in [1.165, 1.54) is 31.0 Å². The molecule has 1 heterocycles. The van der Waals surface area contributed by atoms with Crippen LogP contribution in [0.15, 0.2) is 28.1 Å². The van der Waals surface area contributed by atoms with Gasteiger partial charge < -0.3 is 14.8 Å². The fourth-order valence-electron chi connectivity index (χ4n) is 2.85. The van der Waals surface area contributed by atoms with Crippen LogP contribution in [0.4, 0.5) is 8.78 Å². The lowest BCUT2D eigenvalue weighted by Gasteiger charge is -2.12. The van der Waals surface area contributed by atoms with Crippen LogP contribution in [-0.4, -0.2) is 30.8 Å². The number of halogens is 2. The summed E-state index contributed by atoms with van der Waals surface area (Å²) in [7, 11) is 1.37. The number of aliphatic imine (C=N–C) groups is 1. The number of hydrogen-bond acceptors (Lipinski definition) is 5. The van der Waals surface area contributed by atoms with Gasteiger partial charge in [-0.05, 0) is 36.7 Å². The Morgan fingerprint density at radius 2 is 2.12 bits per heavy atom. The van der Waals surface area contributed by atoms with Crippen molar-refractivity contribution >= 4 is 28.9 Å². The normalized spacial score (nSPS) is 21.4. The number of thioether (sulfide) groups is 1. The van der Waals surface area contributed by atoms with Crippen molar-refractivity contribution in [2.45, 2.75) is 38.3 Å². The number of amidine groups is 1. The molecule has 3 rings (SSSR count). The molecule has 0 unspecified atom stereocenters. The summed E-state index contributed by atoms with van der Waals surface area (Å²) in [6.45, 7) is -2.99. The first-order valence-electron chi connectivity index (χ1n) is 7.97. The van der Waals surface area contributed by atoms with Gasteiger partial charge in [0.15, 0.2) is 16.7 Å². The minimum absolute atomic E-state index is 0.0953. The van der Waals surface area contributed by atoms with Crippen molar-refractivity contribution in [2.24, 2.45) is 4.99 Å². The Morgan fingerprint density at radius 3 is 2.80 bits per heavy atom. The van der Waals surface area contributed by atoms with Crippen LogP contribution in [0, 0.1) is 0 Å². The van der Waals surface area contributed by atoms with Crippen LogP contribution < -0.4 is 14.8 Å². The third-order valence-electron chi connectivity index (χ3n) is 4.00. The Balaban J connectivity index is 1.86. The number of rotatable bonds is 5. The van der Waals surface area contributed by atoms with Crippen LogP contribution in [0.3, 0.4) is 0 Å². The van der Waals surface area contributed by atoms with Gasteiger partial charge in [-0.25, -0.2) is 0 Å². The van der Waals surface area contributed by atoms with Crippen LogP contribution in [-0.2, 0) is 4.79 Å². The first kappa shape index (κ1) is 17.7. The van der Waals surface area contributed by atoms with Crippen LogP contribution in [0.5, 0.6) is 11.5 Å². The minimum atomic E-state index is -2.99. The second-order valence-electron chi connectivity index (χ2n) is 5.69. The van der Waals surface area contributed by atoms with Crippen molar-refractivity contribution in [1.29, 1.82) is 0 Å². The number of ether oxygens (including phenoxy) is 2. The molecule has 2 aliphatic rings. The summed E-state index contributed by atoms with van der Waals surface area (Å²) in [6.07, 6.45) is 5.88. The first-order chi connectivity index (χ1) is 12.1. The third kappa shape index (κ3) is 4.31. The molecule has 0 atom stereocenters. The molecule has 1 aromatic rings. The van der Waals surface area contributed by atoms with Crippen molar-refractivity contribution in [3.05, 3.63) is 28.7 Å². The Morgan fingerprint density at radius 1 is 1.36 bits per heavy atom. The number of methoxy groups -OCH3 is 1. The molecule has 0 bridgehead atoms. The van der Waals surface area contributed by atoms with E-state index in [0.717, 1.165) is 25.7 Å². The van der Waals surface area contributed by atoms with E-state index in [2.05, 4.69) is 15.0 Å². The lowest BCUT2D eigenvalue weighted by atomic mass is 10.1. The van der Waals surface area contributed by atoms with E-state index in [9.17, 15) is 13.6 Å². The highest BCUT2D eigenvalue weighted by Crippen LogP contribution is 2.36. The molecule has 2 fully saturated rings.